The normalized spacial score (nSPS) is 10.6. The largest absolute Gasteiger partial charge is 0.378 e. The average Bonchev–Trinajstić information content (AvgIpc) is 3.01. The molecule has 0 amide bonds. The molecule has 2 heterocycles. The third-order valence-electron chi connectivity index (χ3n) is 2.87. The molecule has 0 atom stereocenters. The minimum absolute atomic E-state index is 0.593. The van der Waals surface area contributed by atoms with E-state index < -0.39 is 0 Å². The molecule has 0 aliphatic rings. The monoisotopic (exact) mass is 363 g/mol. The molecule has 3 aromatic rings. The average molecular weight is 365 g/mol. The van der Waals surface area contributed by atoms with Gasteiger partial charge in [-0.25, -0.2) is 9.67 Å². The lowest BCUT2D eigenvalue weighted by Gasteiger charge is -2.12. The zero-order chi connectivity index (χ0) is 14.7. The van der Waals surface area contributed by atoms with Gasteiger partial charge in [-0.05, 0) is 46.3 Å². The predicted molar refractivity (Wildman–Crippen MR) is 85.6 cm³/mol. The Morgan fingerprint density at radius 3 is 2.86 bits per heavy atom. The molecule has 0 aliphatic heterocycles. The summed E-state index contributed by atoms with van der Waals surface area (Å²) in [6.45, 7) is 0.593. The molecular formula is C14H11BrClN5. The first kappa shape index (κ1) is 14.0. The first-order valence-corrected chi connectivity index (χ1v) is 7.38. The van der Waals surface area contributed by atoms with Crippen LogP contribution in [-0.4, -0.2) is 19.7 Å². The second-order valence-electron chi connectivity index (χ2n) is 4.32. The second kappa shape index (κ2) is 6.24. The van der Waals surface area contributed by atoms with Crippen LogP contribution in [0.3, 0.4) is 0 Å². The number of nitrogens with one attached hydrogen (secondary N) is 1. The minimum Gasteiger partial charge on any atom is -0.378 e. The molecule has 3 rings (SSSR count). The maximum absolute atomic E-state index is 6.07. The second-order valence-corrected chi connectivity index (χ2v) is 5.67. The Hall–Kier alpha value is -1.92. The maximum atomic E-state index is 6.07. The van der Waals surface area contributed by atoms with E-state index >= 15 is 0 Å². The number of hydrogen-bond donors (Lipinski definition) is 1. The summed E-state index contributed by atoms with van der Waals surface area (Å²) in [5, 5.41) is 8.13. The van der Waals surface area contributed by atoms with Gasteiger partial charge in [0.15, 0.2) is 0 Å². The van der Waals surface area contributed by atoms with Crippen LogP contribution in [0, 0.1) is 0 Å². The van der Waals surface area contributed by atoms with Crippen molar-refractivity contribution in [3.05, 3.63) is 64.4 Å². The van der Waals surface area contributed by atoms with Crippen LogP contribution in [0.4, 0.5) is 5.69 Å². The summed E-state index contributed by atoms with van der Waals surface area (Å²) in [6.07, 6.45) is 4.91. The Morgan fingerprint density at radius 2 is 2.14 bits per heavy atom. The number of pyridine rings is 1. The van der Waals surface area contributed by atoms with E-state index in [0.29, 0.717) is 11.6 Å². The number of aromatic nitrogens is 4. The molecule has 0 saturated carbocycles. The Morgan fingerprint density at radius 1 is 1.24 bits per heavy atom. The van der Waals surface area contributed by atoms with Crippen molar-refractivity contribution in [2.45, 2.75) is 6.54 Å². The molecular weight excluding hydrogens is 354 g/mol. The quantitative estimate of drug-likeness (QED) is 0.767. The molecule has 0 saturated heterocycles. The molecule has 0 bridgehead atoms. The van der Waals surface area contributed by atoms with Crippen molar-refractivity contribution >= 4 is 33.2 Å². The summed E-state index contributed by atoms with van der Waals surface area (Å²) in [4.78, 5) is 8.29. The highest BCUT2D eigenvalue weighted by Crippen LogP contribution is 2.24. The fourth-order valence-corrected chi connectivity index (χ4v) is 2.29. The number of nitrogens with zero attached hydrogens (tertiary/aromatic N) is 4. The van der Waals surface area contributed by atoms with E-state index in [1.54, 1.807) is 17.2 Å². The standard InChI is InChI=1S/C14H11BrClN5/c15-10-1-3-12(18-6-10)7-19-13-5-11(16)2-4-14(13)21-9-17-8-20-21/h1-6,8-9,19H,7H2. The fraction of sp³-hybridized carbons (Fsp3) is 0.0714. The van der Waals surface area contributed by atoms with E-state index in [0.717, 1.165) is 21.5 Å². The van der Waals surface area contributed by atoms with E-state index in [1.807, 2.05) is 30.3 Å². The third-order valence-corrected chi connectivity index (χ3v) is 3.58. The molecule has 1 aromatic carbocycles. The highest BCUT2D eigenvalue weighted by molar-refractivity contribution is 9.10. The van der Waals surface area contributed by atoms with Gasteiger partial charge >= 0.3 is 0 Å². The van der Waals surface area contributed by atoms with Gasteiger partial charge in [0.05, 0.1) is 23.6 Å². The van der Waals surface area contributed by atoms with E-state index in [1.165, 1.54) is 6.33 Å². The fourth-order valence-electron chi connectivity index (χ4n) is 1.88. The third kappa shape index (κ3) is 3.40. The summed E-state index contributed by atoms with van der Waals surface area (Å²) in [5.74, 6) is 0. The molecule has 5 nitrogen and oxygen atoms in total. The number of benzene rings is 1. The van der Waals surface area contributed by atoms with Gasteiger partial charge in [-0.3, -0.25) is 4.98 Å². The smallest absolute Gasteiger partial charge is 0.138 e. The zero-order valence-corrected chi connectivity index (χ0v) is 13.2. The summed E-state index contributed by atoms with van der Waals surface area (Å²) in [5.41, 5.74) is 2.69. The molecule has 2 aromatic heterocycles. The lowest BCUT2D eigenvalue weighted by Crippen LogP contribution is -2.06. The van der Waals surface area contributed by atoms with Gasteiger partial charge in [-0.15, -0.1) is 0 Å². The zero-order valence-electron chi connectivity index (χ0n) is 10.9. The topological polar surface area (TPSA) is 55.6 Å². The minimum atomic E-state index is 0.593. The van der Waals surface area contributed by atoms with E-state index in [4.69, 9.17) is 11.6 Å². The van der Waals surface area contributed by atoms with Gasteiger partial charge in [0.2, 0.25) is 0 Å². The van der Waals surface area contributed by atoms with Crippen LogP contribution in [0.5, 0.6) is 0 Å². The number of rotatable bonds is 4. The van der Waals surface area contributed by atoms with Gasteiger partial charge in [0.25, 0.3) is 0 Å². The van der Waals surface area contributed by atoms with Gasteiger partial charge in [-0.2, -0.15) is 5.10 Å². The molecule has 0 fully saturated rings. The Labute approximate surface area is 135 Å². The first-order valence-electron chi connectivity index (χ1n) is 6.21. The molecule has 1 N–H and O–H groups in total. The van der Waals surface area contributed by atoms with Crippen LogP contribution >= 0.6 is 27.5 Å². The van der Waals surface area contributed by atoms with Crippen LogP contribution in [0.2, 0.25) is 5.02 Å². The van der Waals surface area contributed by atoms with Crippen molar-refractivity contribution in [1.29, 1.82) is 0 Å². The van der Waals surface area contributed by atoms with Crippen LogP contribution in [0.25, 0.3) is 5.69 Å². The van der Waals surface area contributed by atoms with Crippen LogP contribution in [0.1, 0.15) is 5.69 Å². The Bertz CT molecular complexity index is 728. The Balaban J connectivity index is 1.84. The lowest BCUT2D eigenvalue weighted by atomic mass is 10.2. The number of halogens is 2. The SMILES string of the molecule is Clc1ccc(-n2cncn2)c(NCc2ccc(Br)cn2)c1. The number of anilines is 1. The van der Waals surface area contributed by atoms with Crippen molar-refractivity contribution < 1.29 is 0 Å². The molecule has 21 heavy (non-hydrogen) atoms. The van der Waals surface area contributed by atoms with Crippen molar-refractivity contribution in [1.82, 2.24) is 19.7 Å². The molecule has 0 aliphatic carbocycles. The first-order chi connectivity index (χ1) is 10.2. The highest BCUT2D eigenvalue weighted by atomic mass is 79.9. The van der Waals surface area contributed by atoms with Crippen LogP contribution in [0.15, 0.2) is 53.7 Å². The maximum Gasteiger partial charge on any atom is 0.138 e. The lowest BCUT2D eigenvalue weighted by molar-refractivity contribution is 0.877. The highest BCUT2D eigenvalue weighted by Gasteiger charge is 2.06. The van der Waals surface area contributed by atoms with Gasteiger partial charge in [0, 0.05) is 15.7 Å². The summed E-state index contributed by atoms with van der Waals surface area (Å²) < 4.78 is 2.64. The van der Waals surface area contributed by atoms with Crippen LogP contribution < -0.4 is 5.32 Å². The van der Waals surface area contributed by atoms with E-state index in [9.17, 15) is 0 Å². The van der Waals surface area contributed by atoms with Crippen LogP contribution in [-0.2, 0) is 6.54 Å². The van der Waals surface area contributed by atoms with Gasteiger partial charge in [0.1, 0.15) is 12.7 Å². The molecule has 106 valence electrons. The summed E-state index contributed by atoms with van der Waals surface area (Å²) in [7, 11) is 0. The Kier molecular flexibility index (Phi) is 4.17. The van der Waals surface area contributed by atoms with Crippen molar-refractivity contribution in [2.75, 3.05) is 5.32 Å². The van der Waals surface area contributed by atoms with Gasteiger partial charge in [-0.1, -0.05) is 11.6 Å². The summed E-state index contributed by atoms with van der Waals surface area (Å²) >= 11 is 9.44. The van der Waals surface area contributed by atoms with Crippen molar-refractivity contribution in [3.63, 3.8) is 0 Å². The van der Waals surface area contributed by atoms with E-state index in [2.05, 4.69) is 36.3 Å². The summed E-state index contributed by atoms with van der Waals surface area (Å²) in [6, 6.07) is 9.49. The predicted octanol–water partition coefficient (Wildman–Crippen LogP) is 3.69. The van der Waals surface area contributed by atoms with Crippen molar-refractivity contribution in [3.8, 4) is 5.69 Å². The molecule has 7 heteroatoms. The van der Waals surface area contributed by atoms with E-state index in [-0.39, 0.29) is 0 Å². The molecule has 0 spiro atoms. The number of hydrogen-bond acceptors (Lipinski definition) is 4. The molecule has 0 unspecified atom stereocenters. The van der Waals surface area contributed by atoms with Gasteiger partial charge < -0.3 is 5.32 Å². The molecule has 0 radical (unpaired) electrons. The van der Waals surface area contributed by atoms with Crippen molar-refractivity contribution in [2.24, 2.45) is 0 Å².